The fraction of sp³-hybridized carbons (Fsp3) is 0.333. The van der Waals surface area contributed by atoms with Gasteiger partial charge in [-0.1, -0.05) is 6.07 Å². The average Bonchev–Trinajstić information content (AvgIpc) is 3.57. The summed E-state index contributed by atoms with van der Waals surface area (Å²) in [5, 5.41) is 4.43. The summed E-state index contributed by atoms with van der Waals surface area (Å²) >= 11 is 0. The van der Waals surface area contributed by atoms with Crippen molar-refractivity contribution >= 4 is 23.3 Å². The summed E-state index contributed by atoms with van der Waals surface area (Å²) in [6.07, 6.45) is 10.1. The van der Waals surface area contributed by atoms with Gasteiger partial charge in [-0.2, -0.15) is 9.61 Å². The number of nitrogens with two attached hydrogens (primary N) is 2. The lowest BCUT2D eigenvalue weighted by molar-refractivity contribution is 0.101. The van der Waals surface area contributed by atoms with Gasteiger partial charge < -0.3 is 21.4 Å². The van der Waals surface area contributed by atoms with Crippen molar-refractivity contribution in [2.75, 3.05) is 5.73 Å². The van der Waals surface area contributed by atoms with Crippen molar-refractivity contribution < 1.29 is 9.59 Å². The van der Waals surface area contributed by atoms with Gasteiger partial charge in [0.2, 0.25) is 0 Å². The molecule has 3 atom stereocenters. The van der Waals surface area contributed by atoms with Crippen molar-refractivity contribution in [2.24, 2.45) is 5.73 Å². The highest BCUT2D eigenvalue weighted by Crippen LogP contribution is 2.44. The zero-order chi connectivity index (χ0) is 24.3. The van der Waals surface area contributed by atoms with E-state index in [4.69, 9.17) is 16.5 Å². The molecule has 2 unspecified atom stereocenters. The van der Waals surface area contributed by atoms with E-state index in [1.54, 1.807) is 29.7 Å². The van der Waals surface area contributed by atoms with Crippen molar-refractivity contribution in [1.29, 1.82) is 0 Å². The number of pyridine rings is 1. The molecule has 11 heteroatoms. The molecule has 2 fully saturated rings. The number of amides is 2. The summed E-state index contributed by atoms with van der Waals surface area (Å²) in [6.45, 7) is 1.50. The van der Waals surface area contributed by atoms with Gasteiger partial charge in [0.1, 0.15) is 11.5 Å². The molecule has 6 heterocycles. The lowest BCUT2D eigenvalue weighted by atomic mass is 9.85. The fourth-order valence-corrected chi connectivity index (χ4v) is 5.75. The number of anilines is 1. The number of rotatable bonds is 4. The third-order valence-corrected chi connectivity index (χ3v) is 7.25. The van der Waals surface area contributed by atoms with Gasteiger partial charge in [-0.25, -0.2) is 14.8 Å². The molecule has 2 aliphatic heterocycles. The highest BCUT2D eigenvalue weighted by atomic mass is 16.2. The van der Waals surface area contributed by atoms with Crippen molar-refractivity contribution in [3.8, 4) is 22.6 Å². The first-order valence-electron chi connectivity index (χ1n) is 11.6. The summed E-state index contributed by atoms with van der Waals surface area (Å²) in [5.41, 5.74) is 16.1. The minimum atomic E-state index is -0.380. The van der Waals surface area contributed by atoms with E-state index in [0.29, 0.717) is 35.6 Å². The number of nitrogen functional groups attached to an aromatic ring is 1. The van der Waals surface area contributed by atoms with Gasteiger partial charge in [0.25, 0.3) is 0 Å². The van der Waals surface area contributed by atoms with Crippen molar-refractivity contribution in [3.63, 3.8) is 0 Å². The number of primary amides is 1. The topological polar surface area (TPSA) is 161 Å². The standard InChI is InChI=1S/C24H25N9O2/c1-12(34)19-20(14-8-15-3-4-16(9-14)32(15)24(26)35)31-23-17(11-30-33(23)21(19)25)13-2-5-18(29-10-13)22-27-6-7-28-22/h2,5-7,10-11,14-16H,3-4,8-9,25H2,1H3,(H2,26,35)(H,27,28)/t14?,15-,16?/m0/s1. The Hall–Kier alpha value is -4.28. The number of hydrogen-bond donors (Lipinski definition) is 3. The van der Waals surface area contributed by atoms with Crippen LogP contribution in [0.2, 0.25) is 0 Å². The van der Waals surface area contributed by atoms with Crippen molar-refractivity contribution in [3.05, 3.63) is 48.2 Å². The Morgan fingerprint density at radius 2 is 1.89 bits per heavy atom. The molecule has 178 valence electrons. The van der Waals surface area contributed by atoms with Gasteiger partial charge in [0.15, 0.2) is 17.3 Å². The molecule has 2 saturated heterocycles. The fourth-order valence-electron chi connectivity index (χ4n) is 5.75. The molecule has 2 amide bonds. The Kier molecular flexibility index (Phi) is 4.80. The number of aromatic amines is 1. The number of carbonyl (C=O) groups excluding carboxylic acids is 2. The quantitative estimate of drug-likeness (QED) is 0.386. The zero-order valence-electron chi connectivity index (χ0n) is 19.2. The average molecular weight is 472 g/mol. The second-order valence-corrected chi connectivity index (χ2v) is 9.28. The van der Waals surface area contributed by atoms with Crippen LogP contribution in [0.1, 0.15) is 54.6 Å². The molecule has 5 N–H and O–H groups in total. The minimum Gasteiger partial charge on any atom is -0.383 e. The van der Waals surface area contributed by atoms with Gasteiger partial charge >= 0.3 is 6.03 Å². The molecule has 0 spiro atoms. The predicted molar refractivity (Wildman–Crippen MR) is 128 cm³/mol. The lowest BCUT2D eigenvalue weighted by Gasteiger charge is -2.38. The van der Waals surface area contributed by atoms with Gasteiger partial charge in [-0.3, -0.25) is 9.78 Å². The van der Waals surface area contributed by atoms with Crippen LogP contribution in [0.4, 0.5) is 10.6 Å². The highest BCUT2D eigenvalue weighted by Gasteiger charge is 2.44. The number of H-pyrrole nitrogens is 1. The second kappa shape index (κ2) is 7.90. The van der Waals surface area contributed by atoms with Gasteiger partial charge in [0, 0.05) is 47.7 Å². The van der Waals surface area contributed by atoms with Crippen LogP contribution in [0.15, 0.2) is 36.9 Å². The molecule has 2 bridgehead atoms. The zero-order valence-corrected chi connectivity index (χ0v) is 19.2. The van der Waals surface area contributed by atoms with E-state index in [1.165, 1.54) is 11.4 Å². The van der Waals surface area contributed by atoms with Crippen LogP contribution in [0.3, 0.4) is 0 Å². The maximum atomic E-state index is 12.7. The number of imidazole rings is 1. The van der Waals surface area contributed by atoms with E-state index in [-0.39, 0.29) is 35.6 Å². The van der Waals surface area contributed by atoms with E-state index in [9.17, 15) is 9.59 Å². The van der Waals surface area contributed by atoms with E-state index in [1.807, 2.05) is 12.1 Å². The number of urea groups is 1. The van der Waals surface area contributed by atoms with Crippen LogP contribution < -0.4 is 11.5 Å². The number of carbonyl (C=O) groups is 2. The monoisotopic (exact) mass is 471 g/mol. The first kappa shape index (κ1) is 21.3. The van der Waals surface area contributed by atoms with Gasteiger partial charge in [0.05, 0.1) is 17.5 Å². The van der Waals surface area contributed by atoms with E-state index < -0.39 is 0 Å². The number of nitrogens with one attached hydrogen (secondary N) is 1. The number of aromatic nitrogens is 6. The molecule has 0 radical (unpaired) electrons. The molecule has 0 saturated carbocycles. The minimum absolute atomic E-state index is 0.00324. The molecule has 0 aliphatic carbocycles. The first-order chi connectivity index (χ1) is 16.9. The number of fused-ring (bicyclic) bond motifs is 3. The molecular weight excluding hydrogens is 446 g/mol. The molecule has 4 aromatic heterocycles. The SMILES string of the molecule is CC(=O)c1c(C2CC3CC[C@@H](C2)N3C(N)=O)nc2c(-c3ccc(-c4ncc[nH]4)nc3)cnn2c1N. The molecule has 11 nitrogen and oxygen atoms in total. The number of ketones is 1. The number of nitrogens with zero attached hydrogens (tertiary/aromatic N) is 6. The summed E-state index contributed by atoms with van der Waals surface area (Å²) in [7, 11) is 0. The number of Topliss-reactive ketones (excluding diaryl/α,β-unsaturated/α-hetero) is 1. The van der Waals surface area contributed by atoms with Gasteiger partial charge in [-0.15, -0.1) is 0 Å². The van der Waals surface area contributed by atoms with E-state index in [2.05, 4.69) is 20.1 Å². The normalized spacial score (nSPS) is 21.5. The third-order valence-electron chi connectivity index (χ3n) is 7.25. The third kappa shape index (κ3) is 3.34. The molecule has 0 aromatic carbocycles. The van der Waals surface area contributed by atoms with Gasteiger partial charge in [-0.05, 0) is 38.7 Å². The smallest absolute Gasteiger partial charge is 0.315 e. The predicted octanol–water partition coefficient (Wildman–Crippen LogP) is 2.76. The Bertz CT molecular complexity index is 1430. The molecular formula is C24H25N9O2. The summed E-state index contributed by atoms with van der Waals surface area (Å²) in [5.74, 6) is 0.798. The molecule has 4 aromatic rings. The van der Waals surface area contributed by atoms with Crippen LogP contribution in [-0.4, -0.2) is 58.3 Å². The first-order valence-corrected chi connectivity index (χ1v) is 11.6. The summed E-state index contributed by atoms with van der Waals surface area (Å²) in [6, 6.07) is 3.54. The number of piperidine rings is 1. The molecule has 2 aliphatic rings. The van der Waals surface area contributed by atoms with Crippen LogP contribution in [0, 0.1) is 0 Å². The molecule has 6 rings (SSSR count). The Labute approximate surface area is 200 Å². The Morgan fingerprint density at radius 3 is 2.49 bits per heavy atom. The highest BCUT2D eigenvalue weighted by molar-refractivity contribution is 6.00. The summed E-state index contributed by atoms with van der Waals surface area (Å²) in [4.78, 5) is 43.2. The second-order valence-electron chi connectivity index (χ2n) is 9.28. The Balaban J connectivity index is 1.44. The lowest BCUT2D eigenvalue weighted by Crippen LogP contribution is -2.48. The molecule has 35 heavy (non-hydrogen) atoms. The van der Waals surface area contributed by atoms with E-state index in [0.717, 1.165) is 29.7 Å². The Morgan fingerprint density at radius 1 is 1.11 bits per heavy atom. The number of hydrogen-bond acceptors (Lipinski definition) is 7. The summed E-state index contributed by atoms with van der Waals surface area (Å²) < 4.78 is 1.52. The van der Waals surface area contributed by atoms with Crippen LogP contribution in [0.5, 0.6) is 0 Å². The van der Waals surface area contributed by atoms with Crippen molar-refractivity contribution in [1.82, 2.24) is 34.4 Å². The largest absolute Gasteiger partial charge is 0.383 e. The van der Waals surface area contributed by atoms with E-state index >= 15 is 0 Å². The van der Waals surface area contributed by atoms with Crippen LogP contribution >= 0.6 is 0 Å². The maximum Gasteiger partial charge on any atom is 0.315 e. The maximum absolute atomic E-state index is 12.7. The van der Waals surface area contributed by atoms with Crippen LogP contribution in [0.25, 0.3) is 28.3 Å². The van der Waals surface area contributed by atoms with Crippen LogP contribution in [-0.2, 0) is 0 Å². The van der Waals surface area contributed by atoms with Crippen molar-refractivity contribution in [2.45, 2.75) is 50.6 Å².